The van der Waals surface area contributed by atoms with E-state index in [1.54, 1.807) is 13.8 Å². The summed E-state index contributed by atoms with van der Waals surface area (Å²) in [6, 6.07) is -4.61. The molecule has 4 amide bonds. The highest BCUT2D eigenvalue weighted by molar-refractivity contribution is 5.94. The second-order valence-corrected chi connectivity index (χ2v) is 9.03. The summed E-state index contributed by atoms with van der Waals surface area (Å²) in [6.45, 7) is 3.58. The van der Waals surface area contributed by atoms with Gasteiger partial charge in [0.05, 0.1) is 12.4 Å². The minimum absolute atomic E-state index is 0.0150. The second-order valence-electron chi connectivity index (χ2n) is 9.03. The number of rotatable bonds is 17. The summed E-state index contributed by atoms with van der Waals surface area (Å²) in [5.74, 6) is -4.67. The number of imidazole rings is 1. The van der Waals surface area contributed by atoms with Gasteiger partial charge < -0.3 is 49.0 Å². The number of nitrogens with one attached hydrogen (secondary N) is 4. The number of carboxylic acid groups (broad SMARTS) is 1. The minimum atomic E-state index is -1.38. The fourth-order valence-electron chi connectivity index (χ4n) is 3.35. The van der Waals surface area contributed by atoms with Crippen LogP contribution in [0.4, 0.5) is 0 Å². The van der Waals surface area contributed by atoms with Gasteiger partial charge in [0, 0.05) is 31.3 Å². The lowest BCUT2D eigenvalue weighted by Gasteiger charge is -2.27. The lowest BCUT2D eigenvalue weighted by Crippen LogP contribution is -2.59. The largest absolute Gasteiger partial charge is 0.480 e. The summed E-state index contributed by atoms with van der Waals surface area (Å²) in [4.78, 5) is 71.9. The van der Waals surface area contributed by atoms with E-state index in [0.29, 0.717) is 12.1 Å². The van der Waals surface area contributed by atoms with Crippen molar-refractivity contribution in [2.75, 3.05) is 6.54 Å². The number of hydrogen-bond acceptors (Lipinski definition) is 8. The summed E-state index contributed by atoms with van der Waals surface area (Å²) < 4.78 is 0. The lowest BCUT2D eigenvalue weighted by molar-refractivity contribution is -0.143. The normalized spacial score (nSPS) is 14.0. The average Bonchev–Trinajstić information content (AvgIpc) is 3.34. The average molecular weight is 539 g/mol. The summed E-state index contributed by atoms with van der Waals surface area (Å²) in [5.41, 5.74) is 22.1. The maximum Gasteiger partial charge on any atom is 0.326 e. The SMILES string of the molecule is CC(C)C(NC(=O)C(Cc1cnc[nH]1)NC(=O)C(N)CCCN=C(N)N)C(=O)NC(CCC(N)=O)C(=O)O. The third-order valence-electron chi connectivity index (χ3n) is 5.46. The van der Waals surface area contributed by atoms with Crippen LogP contribution in [0.5, 0.6) is 0 Å². The molecule has 0 aromatic carbocycles. The standard InChI is InChI=1S/C22H38N10O6/c1-11(2)17(20(36)30-14(21(37)38)5-6-16(24)33)32-19(35)15(8-12-9-27-10-29-12)31-18(34)13(23)4-3-7-28-22(25)26/h9-11,13-15,17H,3-8,23H2,1-2H3,(H2,24,33)(H,27,29)(H,30,36)(H,31,34)(H,32,35)(H,37,38)(H4,25,26,28). The fraction of sp³-hybridized carbons (Fsp3) is 0.591. The van der Waals surface area contributed by atoms with Crippen LogP contribution >= 0.6 is 0 Å². The molecule has 13 N–H and O–H groups in total. The zero-order valence-corrected chi connectivity index (χ0v) is 21.5. The van der Waals surface area contributed by atoms with E-state index in [0.717, 1.165) is 0 Å². The Morgan fingerprint density at radius 3 is 2.18 bits per heavy atom. The van der Waals surface area contributed by atoms with Gasteiger partial charge in [0.2, 0.25) is 23.6 Å². The number of nitrogens with zero attached hydrogens (tertiary/aromatic N) is 2. The van der Waals surface area contributed by atoms with Gasteiger partial charge in [0.1, 0.15) is 18.1 Å². The van der Waals surface area contributed by atoms with E-state index in [-0.39, 0.29) is 38.2 Å². The number of aliphatic imine (C=N–C) groups is 1. The Hall–Kier alpha value is -4.21. The lowest BCUT2D eigenvalue weighted by atomic mass is 10.0. The van der Waals surface area contributed by atoms with Crippen LogP contribution in [0.2, 0.25) is 0 Å². The highest BCUT2D eigenvalue weighted by Gasteiger charge is 2.32. The Balaban J connectivity index is 2.95. The zero-order chi connectivity index (χ0) is 28.8. The van der Waals surface area contributed by atoms with Gasteiger partial charge in [-0.25, -0.2) is 9.78 Å². The van der Waals surface area contributed by atoms with E-state index >= 15 is 0 Å². The molecule has 0 saturated heterocycles. The Kier molecular flexibility index (Phi) is 13.2. The first kappa shape index (κ1) is 31.8. The van der Waals surface area contributed by atoms with E-state index in [1.165, 1.54) is 12.5 Å². The van der Waals surface area contributed by atoms with Crippen molar-refractivity contribution in [3.8, 4) is 0 Å². The highest BCUT2D eigenvalue weighted by Crippen LogP contribution is 2.08. The van der Waals surface area contributed by atoms with Crippen molar-refractivity contribution in [1.82, 2.24) is 25.9 Å². The van der Waals surface area contributed by atoms with E-state index in [1.807, 2.05) is 0 Å². The van der Waals surface area contributed by atoms with Crippen LogP contribution in [0, 0.1) is 5.92 Å². The predicted octanol–water partition coefficient (Wildman–Crippen LogP) is -3.21. The second kappa shape index (κ2) is 15.8. The number of aliphatic carboxylic acids is 1. The first-order valence-corrected chi connectivity index (χ1v) is 12.0. The molecule has 4 atom stereocenters. The molecule has 212 valence electrons. The fourth-order valence-corrected chi connectivity index (χ4v) is 3.35. The van der Waals surface area contributed by atoms with E-state index in [9.17, 15) is 29.1 Å². The van der Waals surface area contributed by atoms with Gasteiger partial charge in [-0.3, -0.25) is 24.2 Å². The molecule has 4 unspecified atom stereocenters. The number of H-pyrrole nitrogens is 1. The maximum absolute atomic E-state index is 13.2. The van der Waals surface area contributed by atoms with Crippen molar-refractivity contribution in [2.24, 2.45) is 33.8 Å². The topological polar surface area (TPSA) is 287 Å². The van der Waals surface area contributed by atoms with Crippen LogP contribution < -0.4 is 38.9 Å². The third-order valence-corrected chi connectivity index (χ3v) is 5.46. The van der Waals surface area contributed by atoms with Crippen molar-refractivity contribution in [3.63, 3.8) is 0 Å². The van der Waals surface area contributed by atoms with Gasteiger partial charge in [0.25, 0.3) is 0 Å². The first-order valence-electron chi connectivity index (χ1n) is 12.0. The van der Waals surface area contributed by atoms with Crippen LogP contribution in [0.25, 0.3) is 0 Å². The summed E-state index contributed by atoms with van der Waals surface area (Å²) in [5, 5.41) is 16.9. The van der Waals surface area contributed by atoms with E-state index in [4.69, 9.17) is 22.9 Å². The molecule has 0 aliphatic carbocycles. The summed E-state index contributed by atoms with van der Waals surface area (Å²) in [6.07, 6.45) is 3.12. The monoisotopic (exact) mass is 538 g/mol. The molecule has 0 radical (unpaired) electrons. The molecule has 1 rings (SSSR count). The number of hydrogen-bond donors (Lipinski definition) is 9. The van der Waals surface area contributed by atoms with E-state index < -0.39 is 59.7 Å². The Labute approximate surface area is 219 Å². The van der Waals surface area contributed by atoms with Crippen LogP contribution in [-0.4, -0.2) is 81.3 Å². The molecular weight excluding hydrogens is 500 g/mol. The van der Waals surface area contributed by atoms with Crippen molar-refractivity contribution in [1.29, 1.82) is 0 Å². The van der Waals surface area contributed by atoms with Crippen molar-refractivity contribution < 1.29 is 29.1 Å². The van der Waals surface area contributed by atoms with Crippen LogP contribution in [-0.2, 0) is 30.4 Å². The molecule has 16 heteroatoms. The van der Waals surface area contributed by atoms with Crippen molar-refractivity contribution in [3.05, 3.63) is 18.2 Å². The Morgan fingerprint density at radius 2 is 1.66 bits per heavy atom. The first-order chi connectivity index (χ1) is 17.8. The number of primary amides is 1. The number of nitrogens with two attached hydrogens (primary N) is 4. The zero-order valence-electron chi connectivity index (χ0n) is 21.5. The number of aromatic nitrogens is 2. The van der Waals surface area contributed by atoms with Gasteiger partial charge in [-0.15, -0.1) is 0 Å². The molecule has 0 saturated carbocycles. The quantitative estimate of drug-likeness (QED) is 0.0543. The molecule has 1 aromatic heterocycles. The van der Waals surface area contributed by atoms with Crippen molar-refractivity contribution in [2.45, 2.75) is 70.1 Å². The maximum atomic E-state index is 13.2. The molecule has 0 bridgehead atoms. The number of aromatic amines is 1. The van der Waals surface area contributed by atoms with E-state index in [2.05, 4.69) is 30.9 Å². The molecule has 0 aliphatic heterocycles. The summed E-state index contributed by atoms with van der Waals surface area (Å²) >= 11 is 0. The number of carboxylic acids is 1. The Morgan fingerprint density at radius 1 is 1.00 bits per heavy atom. The minimum Gasteiger partial charge on any atom is -0.480 e. The van der Waals surface area contributed by atoms with Gasteiger partial charge >= 0.3 is 5.97 Å². The smallest absolute Gasteiger partial charge is 0.326 e. The Bertz CT molecular complexity index is 977. The van der Waals surface area contributed by atoms with Gasteiger partial charge in [-0.1, -0.05) is 13.8 Å². The molecule has 16 nitrogen and oxygen atoms in total. The van der Waals surface area contributed by atoms with Crippen LogP contribution in [0.3, 0.4) is 0 Å². The molecule has 38 heavy (non-hydrogen) atoms. The number of carbonyl (C=O) groups is 5. The predicted molar refractivity (Wildman–Crippen MR) is 137 cm³/mol. The van der Waals surface area contributed by atoms with Gasteiger partial charge in [-0.05, 0) is 25.2 Å². The molecule has 0 aliphatic rings. The van der Waals surface area contributed by atoms with Crippen LogP contribution in [0.1, 0.15) is 45.2 Å². The van der Waals surface area contributed by atoms with Crippen molar-refractivity contribution >= 4 is 35.6 Å². The van der Waals surface area contributed by atoms with Crippen LogP contribution in [0.15, 0.2) is 17.5 Å². The van der Waals surface area contributed by atoms with Gasteiger partial charge in [-0.2, -0.15) is 0 Å². The number of amides is 4. The summed E-state index contributed by atoms with van der Waals surface area (Å²) in [7, 11) is 0. The molecule has 1 aromatic rings. The highest BCUT2D eigenvalue weighted by atomic mass is 16.4. The third kappa shape index (κ3) is 11.7. The molecule has 0 spiro atoms. The number of guanidine groups is 1. The van der Waals surface area contributed by atoms with Gasteiger partial charge in [0.15, 0.2) is 5.96 Å². The molecule has 0 fully saturated rings. The molecular formula is C22H38N10O6. The number of carbonyl (C=O) groups excluding carboxylic acids is 4. The molecule has 1 heterocycles.